The van der Waals surface area contributed by atoms with Crippen molar-refractivity contribution >= 4 is 23.4 Å². The van der Waals surface area contributed by atoms with Crippen molar-refractivity contribution in [3.8, 4) is 0 Å². The molecule has 2 heterocycles. The molecular formula is C13H25ClN4O. The maximum Gasteiger partial charge on any atom is 0.223 e. The maximum absolute atomic E-state index is 5.78. The van der Waals surface area contributed by atoms with Crippen LogP contribution in [0.15, 0.2) is 6.07 Å². The van der Waals surface area contributed by atoms with Crippen LogP contribution in [-0.2, 0) is 4.74 Å². The number of nitrogen functional groups attached to an aromatic ring is 1. The number of hydrogen-bond donors (Lipinski definition) is 1. The Bertz CT molecular complexity index is 323. The van der Waals surface area contributed by atoms with Gasteiger partial charge in [-0.1, -0.05) is 45.7 Å². The highest BCUT2D eigenvalue weighted by molar-refractivity contribution is 6.29. The first-order valence-electron chi connectivity index (χ1n) is 6.80. The van der Waals surface area contributed by atoms with E-state index in [2.05, 4.69) is 28.7 Å². The maximum atomic E-state index is 5.78. The minimum atomic E-state index is 0.207. The quantitative estimate of drug-likeness (QED) is 0.805. The average Bonchev–Trinajstić information content (AvgIpc) is 2.42. The summed E-state index contributed by atoms with van der Waals surface area (Å²) in [5.41, 5.74) is 5.50. The van der Waals surface area contributed by atoms with Crippen molar-refractivity contribution in [1.82, 2.24) is 9.97 Å². The number of ether oxygens (including phenoxy) is 1. The Hall–Kier alpha value is -1.07. The number of aromatic nitrogens is 2. The van der Waals surface area contributed by atoms with Crippen molar-refractivity contribution in [3.63, 3.8) is 0 Å². The van der Waals surface area contributed by atoms with Gasteiger partial charge in [-0.05, 0) is 0 Å². The third-order valence-corrected chi connectivity index (χ3v) is 2.23. The minimum Gasteiger partial charge on any atom is -0.378 e. The van der Waals surface area contributed by atoms with Crippen molar-refractivity contribution in [2.75, 3.05) is 36.9 Å². The van der Waals surface area contributed by atoms with E-state index in [0.29, 0.717) is 18.4 Å². The first kappa shape index (κ1) is 17.9. The zero-order chi connectivity index (χ0) is 14.7. The van der Waals surface area contributed by atoms with Gasteiger partial charge < -0.3 is 15.4 Å². The number of hydrogen-bond acceptors (Lipinski definition) is 5. The van der Waals surface area contributed by atoms with E-state index in [1.807, 2.05) is 13.8 Å². The molecule has 6 heteroatoms. The molecule has 19 heavy (non-hydrogen) atoms. The highest BCUT2D eigenvalue weighted by Crippen LogP contribution is 2.17. The van der Waals surface area contributed by atoms with E-state index in [1.165, 1.54) is 6.42 Å². The molecule has 0 spiro atoms. The minimum absolute atomic E-state index is 0.207. The third kappa shape index (κ3) is 7.18. The fourth-order valence-corrected chi connectivity index (χ4v) is 1.56. The fraction of sp³-hybridized carbons (Fsp3) is 0.692. The molecule has 1 aromatic heterocycles. The molecule has 0 atom stereocenters. The highest BCUT2D eigenvalue weighted by atomic mass is 35.5. The van der Waals surface area contributed by atoms with Crippen LogP contribution in [0.5, 0.6) is 0 Å². The van der Waals surface area contributed by atoms with Crippen molar-refractivity contribution < 1.29 is 4.74 Å². The standard InChI is InChI=1S/C8H11ClN4O.C3H8.C2H6/c9-6-5-7(12-8(10)11-6)13-1-3-14-4-2-13;1-3-2;1-2/h5H,1-4H2,(H2,10,11,12);3H2,1-2H3;1-2H3. The lowest BCUT2D eigenvalue weighted by Crippen LogP contribution is -2.36. The summed E-state index contributed by atoms with van der Waals surface area (Å²) in [5, 5.41) is 0.374. The van der Waals surface area contributed by atoms with Gasteiger partial charge in [0.05, 0.1) is 13.2 Å². The van der Waals surface area contributed by atoms with Crippen LogP contribution >= 0.6 is 11.6 Å². The molecular weight excluding hydrogens is 264 g/mol. The van der Waals surface area contributed by atoms with Crippen LogP contribution in [0.25, 0.3) is 0 Å². The first-order chi connectivity index (χ1) is 9.17. The van der Waals surface area contributed by atoms with Crippen molar-refractivity contribution in [2.45, 2.75) is 34.1 Å². The Morgan fingerprint density at radius 1 is 1.26 bits per heavy atom. The van der Waals surface area contributed by atoms with Gasteiger partial charge in [0.2, 0.25) is 5.95 Å². The molecule has 0 radical (unpaired) electrons. The molecule has 0 saturated carbocycles. The molecule has 1 aliphatic heterocycles. The van der Waals surface area contributed by atoms with Gasteiger partial charge in [-0.25, -0.2) is 4.98 Å². The van der Waals surface area contributed by atoms with Crippen LogP contribution in [0.2, 0.25) is 5.15 Å². The molecule has 2 rings (SSSR count). The largest absolute Gasteiger partial charge is 0.378 e. The van der Waals surface area contributed by atoms with Gasteiger partial charge in [-0.15, -0.1) is 0 Å². The lowest BCUT2D eigenvalue weighted by molar-refractivity contribution is 0.122. The van der Waals surface area contributed by atoms with Gasteiger partial charge in [-0.3, -0.25) is 0 Å². The lowest BCUT2D eigenvalue weighted by Gasteiger charge is -2.27. The molecule has 0 unspecified atom stereocenters. The third-order valence-electron chi connectivity index (χ3n) is 2.03. The van der Waals surface area contributed by atoms with Gasteiger partial charge in [0.1, 0.15) is 11.0 Å². The van der Waals surface area contributed by atoms with E-state index in [0.717, 1.165) is 18.9 Å². The van der Waals surface area contributed by atoms with Gasteiger partial charge in [0.15, 0.2) is 0 Å². The summed E-state index contributed by atoms with van der Waals surface area (Å²) in [7, 11) is 0. The molecule has 1 fully saturated rings. The van der Waals surface area contributed by atoms with Crippen LogP contribution in [0.3, 0.4) is 0 Å². The summed E-state index contributed by atoms with van der Waals surface area (Å²) in [5.74, 6) is 0.977. The molecule has 1 aliphatic rings. The molecule has 0 bridgehead atoms. The summed E-state index contributed by atoms with van der Waals surface area (Å²) in [4.78, 5) is 9.99. The molecule has 2 N–H and O–H groups in total. The summed E-state index contributed by atoms with van der Waals surface area (Å²) in [6.45, 7) is 11.3. The molecule has 1 saturated heterocycles. The van der Waals surface area contributed by atoms with Crippen LogP contribution in [0.4, 0.5) is 11.8 Å². The van der Waals surface area contributed by atoms with Crippen LogP contribution in [0, 0.1) is 0 Å². The second-order valence-corrected chi connectivity index (χ2v) is 4.10. The summed E-state index contributed by atoms with van der Waals surface area (Å²) in [6, 6.07) is 1.71. The molecule has 1 aromatic rings. The van der Waals surface area contributed by atoms with Gasteiger partial charge in [-0.2, -0.15) is 4.98 Å². The molecule has 5 nitrogen and oxygen atoms in total. The first-order valence-corrected chi connectivity index (χ1v) is 7.18. The number of nitrogens with two attached hydrogens (primary N) is 1. The Kier molecular flexibility index (Phi) is 10.2. The SMILES string of the molecule is CC.CCC.Nc1nc(Cl)cc(N2CCOCC2)n1. The van der Waals surface area contributed by atoms with Crippen LogP contribution in [0.1, 0.15) is 34.1 Å². The second kappa shape index (κ2) is 10.8. The molecule has 110 valence electrons. The monoisotopic (exact) mass is 288 g/mol. The van der Waals surface area contributed by atoms with Crippen LogP contribution in [-0.4, -0.2) is 36.3 Å². The van der Waals surface area contributed by atoms with E-state index in [9.17, 15) is 0 Å². The summed E-state index contributed by atoms with van der Waals surface area (Å²) >= 11 is 5.78. The molecule has 0 aromatic carbocycles. The summed E-state index contributed by atoms with van der Waals surface area (Å²) in [6.07, 6.45) is 1.25. The topological polar surface area (TPSA) is 64.3 Å². The van der Waals surface area contributed by atoms with E-state index in [4.69, 9.17) is 22.1 Å². The van der Waals surface area contributed by atoms with Crippen molar-refractivity contribution in [3.05, 3.63) is 11.2 Å². The zero-order valence-corrected chi connectivity index (χ0v) is 13.1. The number of rotatable bonds is 1. The van der Waals surface area contributed by atoms with Crippen molar-refractivity contribution in [1.29, 1.82) is 0 Å². The number of morpholine rings is 1. The Morgan fingerprint density at radius 3 is 2.26 bits per heavy atom. The van der Waals surface area contributed by atoms with E-state index in [-0.39, 0.29) is 5.95 Å². The number of anilines is 2. The van der Waals surface area contributed by atoms with Crippen LogP contribution < -0.4 is 10.6 Å². The highest BCUT2D eigenvalue weighted by Gasteiger charge is 2.13. The van der Waals surface area contributed by atoms with Gasteiger partial charge >= 0.3 is 0 Å². The van der Waals surface area contributed by atoms with E-state index < -0.39 is 0 Å². The predicted molar refractivity (Wildman–Crippen MR) is 81.8 cm³/mol. The predicted octanol–water partition coefficient (Wildman–Crippen LogP) is 2.99. The zero-order valence-electron chi connectivity index (χ0n) is 12.3. The van der Waals surface area contributed by atoms with E-state index >= 15 is 0 Å². The molecule has 0 amide bonds. The average molecular weight is 289 g/mol. The Balaban J connectivity index is 0.000000573. The van der Waals surface area contributed by atoms with Gasteiger partial charge in [0, 0.05) is 19.2 Å². The van der Waals surface area contributed by atoms with E-state index in [1.54, 1.807) is 6.07 Å². The van der Waals surface area contributed by atoms with Crippen molar-refractivity contribution in [2.24, 2.45) is 0 Å². The fourth-order valence-electron chi connectivity index (χ4n) is 1.38. The smallest absolute Gasteiger partial charge is 0.223 e. The summed E-state index contributed by atoms with van der Waals surface area (Å²) < 4.78 is 5.23. The molecule has 0 aliphatic carbocycles. The lowest BCUT2D eigenvalue weighted by atomic mass is 10.4. The number of halogens is 1. The normalized spacial score (nSPS) is 13.8. The Labute approximate surface area is 121 Å². The number of nitrogens with zero attached hydrogens (tertiary/aromatic N) is 3. The van der Waals surface area contributed by atoms with Gasteiger partial charge in [0.25, 0.3) is 0 Å². The Morgan fingerprint density at radius 2 is 1.79 bits per heavy atom. The second-order valence-electron chi connectivity index (χ2n) is 3.71.